The average molecular weight is 439 g/mol. The van der Waals surface area contributed by atoms with Crippen molar-refractivity contribution in [3.63, 3.8) is 0 Å². The van der Waals surface area contributed by atoms with E-state index in [9.17, 15) is 12.8 Å². The number of aryl methyl sites for hydroxylation is 2. The summed E-state index contributed by atoms with van der Waals surface area (Å²) in [5, 5.41) is 4.58. The van der Waals surface area contributed by atoms with Crippen molar-refractivity contribution in [2.24, 2.45) is 0 Å². The average Bonchev–Trinajstić information content (AvgIpc) is 3.07. The molecule has 0 bridgehead atoms. The van der Waals surface area contributed by atoms with Gasteiger partial charge in [0.05, 0.1) is 43.1 Å². The van der Waals surface area contributed by atoms with Crippen LogP contribution in [0, 0.1) is 12.7 Å². The van der Waals surface area contributed by atoms with Crippen LogP contribution < -0.4 is 9.62 Å². The second-order valence-electron chi connectivity index (χ2n) is 8.05. The molecule has 4 rings (SSSR count). The Kier molecular flexibility index (Phi) is 6.03. The fraction of sp³-hybridized carbons (Fsp3) is 0.632. The van der Waals surface area contributed by atoms with Crippen molar-refractivity contribution in [1.82, 2.24) is 24.5 Å². The molecule has 9 nitrogen and oxygen atoms in total. The molecule has 0 saturated carbocycles. The molecule has 0 unspecified atom stereocenters. The number of aromatic nitrogens is 4. The van der Waals surface area contributed by atoms with E-state index in [1.807, 2.05) is 22.6 Å². The van der Waals surface area contributed by atoms with Gasteiger partial charge in [-0.1, -0.05) is 0 Å². The van der Waals surface area contributed by atoms with E-state index in [2.05, 4.69) is 19.8 Å². The highest BCUT2D eigenvalue weighted by Gasteiger charge is 2.33. The predicted octanol–water partition coefficient (Wildman–Crippen LogP) is 1.21. The zero-order chi connectivity index (χ0) is 21.3. The molecular formula is C19H27FN6O3S. The third-order valence-corrected chi connectivity index (χ3v) is 6.36. The number of piperidine rings is 1. The van der Waals surface area contributed by atoms with Gasteiger partial charge in [-0.05, 0) is 38.7 Å². The van der Waals surface area contributed by atoms with Gasteiger partial charge in [0.25, 0.3) is 0 Å². The molecule has 0 aliphatic carbocycles. The quantitative estimate of drug-likeness (QED) is 0.723. The second-order valence-corrected chi connectivity index (χ2v) is 9.83. The number of hydrogen-bond acceptors (Lipinski definition) is 7. The zero-order valence-corrected chi connectivity index (χ0v) is 18.0. The van der Waals surface area contributed by atoms with Gasteiger partial charge in [-0.3, -0.25) is 4.68 Å². The molecule has 2 aliphatic rings. The van der Waals surface area contributed by atoms with E-state index >= 15 is 0 Å². The Labute approximate surface area is 175 Å². The molecule has 0 amide bonds. The maximum Gasteiger partial charge on any atom is 0.225 e. The molecule has 0 aromatic carbocycles. The van der Waals surface area contributed by atoms with Crippen molar-refractivity contribution in [3.8, 4) is 0 Å². The van der Waals surface area contributed by atoms with Crippen LogP contribution in [0.5, 0.6) is 0 Å². The Hall–Kier alpha value is -2.11. The number of ether oxygens (including phenoxy) is 1. The predicted molar refractivity (Wildman–Crippen MR) is 109 cm³/mol. The number of halogens is 1. The first-order valence-electron chi connectivity index (χ1n) is 10.1. The van der Waals surface area contributed by atoms with Gasteiger partial charge in [0, 0.05) is 24.8 Å². The highest BCUT2D eigenvalue weighted by atomic mass is 32.2. The molecule has 164 valence electrons. The monoisotopic (exact) mass is 438 g/mol. The summed E-state index contributed by atoms with van der Waals surface area (Å²) in [5.41, 5.74) is 2.03. The summed E-state index contributed by atoms with van der Waals surface area (Å²) in [5.74, 6) is 0.0751. The van der Waals surface area contributed by atoms with E-state index in [0.29, 0.717) is 19.0 Å². The minimum Gasteiger partial charge on any atom is -0.376 e. The lowest BCUT2D eigenvalue weighted by atomic mass is 9.98. The molecule has 4 heterocycles. The maximum absolute atomic E-state index is 13.0. The van der Waals surface area contributed by atoms with Crippen molar-refractivity contribution in [2.75, 3.05) is 30.9 Å². The summed E-state index contributed by atoms with van der Waals surface area (Å²) in [6.45, 7) is 3.77. The van der Waals surface area contributed by atoms with Crippen LogP contribution in [0.2, 0.25) is 0 Å². The van der Waals surface area contributed by atoms with Crippen LogP contribution in [0.1, 0.15) is 36.7 Å². The van der Waals surface area contributed by atoms with Gasteiger partial charge >= 0.3 is 0 Å². The number of sulfonamides is 1. The van der Waals surface area contributed by atoms with Gasteiger partial charge in [0.15, 0.2) is 5.82 Å². The van der Waals surface area contributed by atoms with Crippen LogP contribution in [0.3, 0.4) is 0 Å². The number of nitrogens with zero attached hydrogens (tertiary/aromatic N) is 5. The summed E-state index contributed by atoms with van der Waals surface area (Å²) >= 11 is 0. The Morgan fingerprint density at radius 1 is 1.23 bits per heavy atom. The van der Waals surface area contributed by atoms with Crippen molar-refractivity contribution in [2.45, 2.75) is 50.8 Å². The van der Waals surface area contributed by atoms with E-state index < -0.39 is 15.8 Å². The van der Waals surface area contributed by atoms with Gasteiger partial charge in [-0.25, -0.2) is 27.5 Å². The molecule has 2 aromatic heterocycles. The fourth-order valence-corrected chi connectivity index (χ4v) is 5.06. The van der Waals surface area contributed by atoms with Crippen molar-refractivity contribution < 1.29 is 17.5 Å². The zero-order valence-electron chi connectivity index (χ0n) is 17.2. The summed E-state index contributed by atoms with van der Waals surface area (Å²) < 4.78 is 47.6. The third kappa shape index (κ3) is 4.96. The van der Waals surface area contributed by atoms with Crippen LogP contribution in [0.15, 0.2) is 18.5 Å². The SMILES string of the molecule is Cc1cc2n(n1)[C@@H](COC1CCN(c3ncc(F)cn3)CC1)[C@@H](NS(C)(=O)=O)CC2. The Morgan fingerprint density at radius 3 is 2.60 bits per heavy atom. The standard InChI is InChI=1S/C19H27FN6O3S/c1-13-9-15-3-4-17(24-30(2,27)28)18(26(15)23-13)12-29-16-5-7-25(8-6-16)19-21-10-14(20)11-22-19/h9-11,16-18,24H,3-8,12H2,1-2H3/t17-,18-/m0/s1. The molecule has 0 spiro atoms. The highest BCUT2D eigenvalue weighted by molar-refractivity contribution is 7.88. The second kappa shape index (κ2) is 8.56. The summed E-state index contributed by atoms with van der Waals surface area (Å²) in [4.78, 5) is 10.1. The summed E-state index contributed by atoms with van der Waals surface area (Å²) in [6.07, 6.45) is 6.67. The Bertz CT molecular complexity index is 973. The van der Waals surface area contributed by atoms with Gasteiger partial charge in [0.1, 0.15) is 0 Å². The fourth-order valence-electron chi connectivity index (χ4n) is 4.24. The topological polar surface area (TPSA) is 102 Å². The number of fused-ring (bicyclic) bond motifs is 1. The molecule has 1 saturated heterocycles. The minimum atomic E-state index is -3.33. The first-order valence-corrected chi connectivity index (χ1v) is 12.0. The molecule has 2 atom stereocenters. The van der Waals surface area contributed by atoms with Crippen LogP contribution in [-0.4, -0.2) is 66.3 Å². The molecule has 2 aliphatic heterocycles. The molecule has 30 heavy (non-hydrogen) atoms. The third-order valence-electron chi connectivity index (χ3n) is 5.62. The van der Waals surface area contributed by atoms with E-state index in [1.165, 1.54) is 18.6 Å². The van der Waals surface area contributed by atoms with Crippen LogP contribution in [-0.2, 0) is 21.2 Å². The molecule has 1 N–H and O–H groups in total. The molecule has 1 fully saturated rings. The van der Waals surface area contributed by atoms with Crippen LogP contribution in [0.4, 0.5) is 10.3 Å². The van der Waals surface area contributed by atoms with Gasteiger partial charge < -0.3 is 9.64 Å². The number of nitrogens with one attached hydrogen (secondary N) is 1. The summed E-state index contributed by atoms with van der Waals surface area (Å²) in [6, 6.07) is 1.61. The lowest BCUT2D eigenvalue weighted by molar-refractivity contribution is 0.00601. The molecule has 11 heteroatoms. The van der Waals surface area contributed by atoms with Crippen molar-refractivity contribution >= 4 is 16.0 Å². The van der Waals surface area contributed by atoms with Crippen LogP contribution >= 0.6 is 0 Å². The van der Waals surface area contributed by atoms with E-state index in [0.717, 1.165) is 43.7 Å². The lowest BCUT2D eigenvalue weighted by Gasteiger charge is -2.36. The van der Waals surface area contributed by atoms with Crippen molar-refractivity contribution in [3.05, 3.63) is 35.7 Å². The van der Waals surface area contributed by atoms with Gasteiger partial charge in [-0.15, -0.1) is 0 Å². The Balaban J connectivity index is 1.38. The lowest BCUT2D eigenvalue weighted by Crippen LogP contribution is -2.47. The van der Waals surface area contributed by atoms with E-state index in [1.54, 1.807) is 0 Å². The first-order chi connectivity index (χ1) is 14.3. The molecule has 0 radical (unpaired) electrons. The van der Waals surface area contributed by atoms with Crippen LogP contribution in [0.25, 0.3) is 0 Å². The van der Waals surface area contributed by atoms with Crippen molar-refractivity contribution in [1.29, 1.82) is 0 Å². The number of rotatable bonds is 6. The first kappa shape index (κ1) is 21.1. The highest BCUT2D eigenvalue weighted by Crippen LogP contribution is 2.28. The number of hydrogen-bond donors (Lipinski definition) is 1. The normalized spacial score (nSPS) is 22.8. The summed E-state index contributed by atoms with van der Waals surface area (Å²) in [7, 11) is -3.33. The molecular weight excluding hydrogens is 411 g/mol. The van der Waals surface area contributed by atoms with Gasteiger partial charge in [0.2, 0.25) is 16.0 Å². The Morgan fingerprint density at radius 2 is 1.93 bits per heavy atom. The minimum absolute atomic E-state index is 0.0580. The molecule has 2 aromatic rings. The smallest absolute Gasteiger partial charge is 0.225 e. The van der Waals surface area contributed by atoms with Gasteiger partial charge in [-0.2, -0.15) is 5.10 Å². The maximum atomic E-state index is 13.0. The van der Waals surface area contributed by atoms with E-state index in [4.69, 9.17) is 4.74 Å². The largest absolute Gasteiger partial charge is 0.376 e. The number of anilines is 1. The van der Waals surface area contributed by atoms with E-state index in [-0.39, 0.29) is 18.2 Å².